The molecule has 0 saturated carbocycles. The van der Waals surface area contributed by atoms with Crippen LogP contribution >= 0.6 is 0 Å². The molecule has 0 atom stereocenters. The monoisotopic (exact) mass is 487 g/mol. The molecular formula is C25H30FN3O4S. The molecule has 2 aliphatic heterocycles. The fourth-order valence-electron chi connectivity index (χ4n) is 4.56. The second kappa shape index (κ2) is 10.2. The normalized spacial score (nSPS) is 18.0. The van der Waals surface area contributed by atoms with Crippen LogP contribution in [0.4, 0.5) is 10.1 Å². The van der Waals surface area contributed by atoms with E-state index in [0.29, 0.717) is 55.8 Å². The van der Waals surface area contributed by atoms with Crippen LogP contribution in [0.2, 0.25) is 0 Å². The van der Waals surface area contributed by atoms with Gasteiger partial charge < -0.3 is 10.2 Å². The molecule has 0 aromatic heterocycles. The minimum Gasteiger partial charge on any atom is -0.339 e. The number of sulfonamides is 1. The van der Waals surface area contributed by atoms with Crippen LogP contribution in [0.25, 0.3) is 0 Å². The first-order valence-corrected chi connectivity index (χ1v) is 13.2. The van der Waals surface area contributed by atoms with Gasteiger partial charge in [0.25, 0.3) is 5.91 Å². The van der Waals surface area contributed by atoms with Gasteiger partial charge in [-0.3, -0.25) is 9.59 Å². The molecule has 7 nitrogen and oxygen atoms in total. The lowest BCUT2D eigenvalue weighted by Crippen LogP contribution is -2.41. The number of hydrogen-bond acceptors (Lipinski definition) is 4. The smallest absolute Gasteiger partial charge is 0.253 e. The fourth-order valence-corrected chi connectivity index (χ4v) is 6.33. The van der Waals surface area contributed by atoms with Gasteiger partial charge in [-0.2, -0.15) is 4.31 Å². The molecule has 2 fully saturated rings. The number of carbonyl (C=O) groups is 2. The van der Waals surface area contributed by atoms with Crippen molar-refractivity contribution in [2.75, 3.05) is 31.5 Å². The van der Waals surface area contributed by atoms with Crippen molar-refractivity contribution in [1.82, 2.24) is 9.21 Å². The summed E-state index contributed by atoms with van der Waals surface area (Å²) in [7, 11) is -3.61. The zero-order valence-electron chi connectivity index (χ0n) is 19.3. The molecule has 2 amide bonds. The molecule has 0 radical (unpaired) electrons. The summed E-state index contributed by atoms with van der Waals surface area (Å²) in [6, 6.07) is 10.4. The number of aryl methyl sites for hydroxylation is 1. The minimum absolute atomic E-state index is 0.176. The molecule has 2 aromatic rings. The van der Waals surface area contributed by atoms with Gasteiger partial charge in [-0.15, -0.1) is 0 Å². The van der Waals surface area contributed by atoms with Crippen molar-refractivity contribution in [3.05, 3.63) is 59.4 Å². The molecule has 0 spiro atoms. The van der Waals surface area contributed by atoms with E-state index in [1.54, 1.807) is 30.0 Å². The van der Waals surface area contributed by atoms with Crippen LogP contribution in [0.5, 0.6) is 0 Å². The zero-order chi connectivity index (χ0) is 24.3. The third-order valence-electron chi connectivity index (χ3n) is 6.63. The van der Waals surface area contributed by atoms with Gasteiger partial charge in [0.05, 0.1) is 4.90 Å². The molecule has 0 unspecified atom stereocenters. The van der Waals surface area contributed by atoms with Crippen molar-refractivity contribution in [3.63, 3.8) is 0 Å². The molecule has 34 heavy (non-hydrogen) atoms. The van der Waals surface area contributed by atoms with E-state index >= 15 is 0 Å². The summed E-state index contributed by atoms with van der Waals surface area (Å²) < 4.78 is 40.9. The first kappa shape index (κ1) is 24.3. The predicted octanol–water partition coefficient (Wildman–Crippen LogP) is 3.80. The molecule has 4 rings (SSSR count). The number of halogens is 1. The van der Waals surface area contributed by atoms with Crippen LogP contribution in [-0.4, -0.2) is 55.6 Å². The van der Waals surface area contributed by atoms with Crippen LogP contribution in [0, 0.1) is 18.7 Å². The summed E-state index contributed by atoms with van der Waals surface area (Å²) in [6.45, 7) is 3.66. The summed E-state index contributed by atoms with van der Waals surface area (Å²) in [5, 5.41) is 2.87. The largest absolute Gasteiger partial charge is 0.339 e. The lowest BCUT2D eigenvalue weighted by atomic mass is 9.95. The number of piperidine rings is 2. The maximum Gasteiger partial charge on any atom is 0.253 e. The van der Waals surface area contributed by atoms with E-state index in [1.807, 2.05) is 0 Å². The first-order valence-electron chi connectivity index (χ1n) is 11.7. The molecule has 2 aliphatic rings. The molecule has 182 valence electrons. The SMILES string of the molecule is Cc1ccc(NC(=O)C2CCN(C(=O)c3ccc(F)cc3)CC2)cc1S(=O)(=O)N1CCCCC1. The predicted molar refractivity (Wildman–Crippen MR) is 127 cm³/mol. The van der Waals surface area contributed by atoms with Gasteiger partial charge in [0, 0.05) is 43.3 Å². The Hall–Kier alpha value is -2.78. The number of likely N-dealkylation sites (tertiary alicyclic amines) is 1. The lowest BCUT2D eigenvalue weighted by Gasteiger charge is -2.31. The highest BCUT2D eigenvalue weighted by Crippen LogP contribution is 2.27. The topological polar surface area (TPSA) is 86.8 Å². The van der Waals surface area contributed by atoms with E-state index in [1.165, 1.54) is 28.6 Å². The summed E-state index contributed by atoms with van der Waals surface area (Å²) >= 11 is 0. The summed E-state index contributed by atoms with van der Waals surface area (Å²) in [4.78, 5) is 27.4. The lowest BCUT2D eigenvalue weighted by molar-refractivity contribution is -0.121. The van der Waals surface area contributed by atoms with Crippen molar-refractivity contribution in [3.8, 4) is 0 Å². The number of nitrogens with one attached hydrogen (secondary N) is 1. The average molecular weight is 488 g/mol. The van der Waals surface area contributed by atoms with E-state index < -0.39 is 15.8 Å². The van der Waals surface area contributed by atoms with Crippen molar-refractivity contribution in [1.29, 1.82) is 0 Å². The number of nitrogens with zero attached hydrogens (tertiary/aromatic N) is 2. The molecular weight excluding hydrogens is 457 g/mol. The Kier molecular flexibility index (Phi) is 7.33. The van der Waals surface area contributed by atoms with Crippen LogP contribution in [0.15, 0.2) is 47.4 Å². The average Bonchev–Trinajstić information content (AvgIpc) is 2.85. The van der Waals surface area contributed by atoms with E-state index in [9.17, 15) is 22.4 Å². The highest BCUT2D eigenvalue weighted by molar-refractivity contribution is 7.89. The third-order valence-corrected chi connectivity index (χ3v) is 8.67. The number of rotatable bonds is 5. The minimum atomic E-state index is -3.61. The van der Waals surface area contributed by atoms with E-state index in [-0.39, 0.29) is 22.6 Å². The number of amides is 2. The van der Waals surface area contributed by atoms with E-state index in [0.717, 1.165) is 19.3 Å². The zero-order valence-corrected chi connectivity index (χ0v) is 20.1. The molecule has 9 heteroatoms. The Morgan fingerprint density at radius 2 is 1.59 bits per heavy atom. The van der Waals surface area contributed by atoms with Gasteiger partial charge >= 0.3 is 0 Å². The fraction of sp³-hybridized carbons (Fsp3) is 0.440. The van der Waals surface area contributed by atoms with Crippen molar-refractivity contribution >= 4 is 27.5 Å². The molecule has 1 N–H and O–H groups in total. The van der Waals surface area contributed by atoms with Crippen LogP contribution in [0.3, 0.4) is 0 Å². The highest BCUT2D eigenvalue weighted by Gasteiger charge is 2.30. The Morgan fingerprint density at radius 1 is 0.941 bits per heavy atom. The van der Waals surface area contributed by atoms with Gasteiger partial charge in [-0.25, -0.2) is 12.8 Å². The maximum absolute atomic E-state index is 13.1. The second-order valence-corrected chi connectivity index (χ2v) is 10.9. The Morgan fingerprint density at radius 3 is 2.24 bits per heavy atom. The van der Waals surface area contributed by atoms with E-state index in [2.05, 4.69) is 5.32 Å². The number of benzene rings is 2. The molecule has 2 aromatic carbocycles. The van der Waals surface area contributed by atoms with Gasteiger partial charge in [0.2, 0.25) is 15.9 Å². The van der Waals surface area contributed by atoms with Crippen molar-refractivity contribution < 1.29 is 22.4 Å². The van der Waals surface area contributed by atoms with Crippen molar-refractivity contribution in [2.45, 2.75) is 43.9 Å². The Balaban J connectivity index is 1.38. The van der Waals surface area contributed by atoms with Crippen LogP contribution < -0.4 is 5.32 Å². The highest BCUT2D eigenvalue weighted by atomic mass is 32.2. The van der Waals surface area contributed by atoms with Gasteiger partial charge in [0.15, 0.2) is 0 Å². The number of anilines is 1. The van der Waals surface area contributed by atoms with E-state index in [4.69, 9.17) is 0 Å². The van der Waals surface area contributed by atoms with Gasteiger partial charge in [0.1, 0.15) is 5.82 Å². The van der Waals surface area contributed by atoms with Crippen LogP contribution in [-0.2, 0) is 14.8 Å². The molecule has 0 aliphatic carbocycles. The Bertz CT molecular complexity index is 1150. The van der Waals surface area contributed by atoms with Gasteiger partial charge in [-0.1, -0.05) is 12.5 Å². The third kappa shape index (κ3) is 5.31. The standard InChI is InChI=1S/C25H30FN3O4S/c1-18-5-10-22(17-23(18)34(32,33)29-13-3-2-4-14-29)27-24(30)19-11-15-28(16-12-19)25(31)20-6-8-21(26)9-7-20/h5-10,17,19H,2-4,11-16H2,1H3,(H,27,30). The second-order valence-electron chi connectivity index (χ2n) is 9.01. The first-order chi connectivity index (χ1) is 16.3. The van der Waals surface area contributed by atoms with Gasteiger partial charge in [-0.05, 0) is 74.6 Å². The maximum atomic E-state index is 13.1. The number of hydrogen-bond donors (Lipinski definition) is 1. The van der Waals surface area contributed by atoms with Crippen molar-refractivity contribution in [2.24, 2.45) is 5.92 Å². The quantitative estimate of drug-likeness (QED) is 0.695. The Labute approximate surface area is 200 Å². The molecule has 2 saturated heterocycles. The summed E-state index contributed by atoms with van der Waals surface area (Å²) in [6.07, 6.45) is 3.76. The molecule has 2 heterocycles. The summed E-state index contributed by atoms with van der Waals surface area (Å²) in [5.41, 5.74) is 1.53. The summed E-state index contributed by atoms with van der Waals surface area (Å²) in [5.74, 6) is -1.03. The number of carbonyl (C=O) groups excluding carboxylic acids is 2. The molecule has 0 bridgehead atoms. The van der Waals surface area contributed by atoms with Crippen LogP contribution in [0.1, 0.15) is 48.0 Å².